The first kappa shape index (κ1) is 16.6. The smallest absolute Gasteiger partial charge is 0.177 e. The maximum atomic E-state index is 11.9. The van der Waals surface area contributed by atoms with Crippen LogP contribution in [0.4, 0.5) is 5.69 Å². The SMILES string of the molecule is COc1cc2c(cc1CNc1ccccc1S(C)(=O)=O)O[C@H](C)C2. The number of fused-ring (bicyclic) bond motifs is 1. The van der Waals surface area contributed by atoms with Crippen molar-refractivity contribution in [1.82, 2.24) is 0 Å². The van der Waals surface area contributed by atoms with Gasteiger partial charge in [0.05, 0.1) is 17.7 Å². The second-order valence-corrected chi connectivity index (χ2v) is 8.01. The van der Waals surface area contributed by atoms with Gasteiger partial charge in [-0.05, 0) is 31.2 Å². The zero-order valence-electron chi connectivity index (χ0n) is 14.0. The molecule has 6 heteroatoms. The summed E-state index contributed by atoms with van der Waals surface area (Å²) in [6, 6.07) is 10.8. The van der Waals surface area contributed by atoms with Crippen molar-refractivity contribution in [3.8, 4) is 11.5 Å². The van der Waals surface area contributed by atoms with Crippen LogP contribution in [0.25, 0.3) is 0 Å². The number of ether oxygens (including phenoxy) is 2. The van der Waals surface area contributed by atoms with E-state index in [-0.39, 0.29) is 11.0 Å². The molecule has 5 nitrogen and oxygen atoms in total. The molecule has 3 rings (SSSR count). The van der Waals surface area contributed by atoms with E-state index >= 15 is 0 Å². The monoisotopic (exact) mass is 347 g/mol. The minimum atomic E-state index is -3.29. The van der Waals surface area contributed by atoms with Crippen LogP contribution < -0.4 is 14.8 Å². The number of benzene rings is 2. The topological polar surface area (TPSA) is 64.6 Å². The highest BCUT2D eigenvalue weighted by Gasteiger charge is 2.22. The molecule has 0 amide bonds. The third-order valence-electron chi connectivity index (χ3n) is 4.05. The lowest BCUT2D eigenvalue weighted by Gasteiger charge is -2.14. The van der Waals surface area contributed by atoms with Gasteiger partial charge in [0.2, 0.25) is 0 Å². The summed E-state index contributed by atoms with van der Waals surface area (Å²) in [6.45, 7) is 2.48. The Morgan fingerprint density at radius 3 is 2.75 bits per heavy atom. The van der Waals surface area contributed by atoms with E-state index in [0.717, 1.165) is 29.0 Å². The fraction of sp³-hybridized carbons (Fsp3) is 0.333. The highest BCUT2D eigenvalue weighted by molar-refractivity contribution is 7.90. The molecule has 1 heterocycles. The number of methoxy groups -OCH3 is 1. The maximum Gasteiger partial charge on any atom is 0.177 e. The highest BCUT2D eigenvalue weighted by Crippen LogP contribution is 2.35. The van der Waals surface area contributed by atoms with Crippen molar-refractivity contribution in [3.63, 3.8) is 0 Å². The van der Waals surface area contributed by atoms with Crippen LogP contribution in [0, 0.1) is 0 Å². The Hall–Kier alpha value is -2.21. The maximum absolute atomic E-state index is 11.9. The van der Waals surface area contributed by atoms with Crippen molar-refractivity contribution in [2.75, 3.05) is 18.7 Å². The lowest BCUT2D eigenvalue weighted by Crippen LogP contribution is -2.07. The van der Waals surface area contributed by atoms with Gasteiger partial charge in [-0.1, -0.05) is 12.1 Å². The van der Waals surface area contributed by atoms with Crippen LogP contribution in [0.2, 0.25) is 0 Å². The Labute approximate surface area is 142 Å². The van der Waals surface area contributed by atoms with Crippen molar-refractivity contribution in [2.45, 2.75) is 30.9 Å². The van der Waals surface area contributed by atoms with E-state index in [2.05, 4.69) is 5.32 Å². The molecule has 0 saturated heterocycles. The van der Waals surface area contributed by atoms with E-state index in [1.165, 1.54) is 6.26 Å². The summed E-state index contributed by atoms with van der Waals surface area (Å²) < 4.78 is 35.1. The second kappa shape index (κ2) is 6.36. The van der Waals surface area contributed by atoms with Gasteiger partial charge in [0.25, 0.3) is 0 Å². The van der Waals surface area contributed by atoms with Crippen LogP contribution in [0.15, 0.2) is 41.3 Å². The molecular weight excluding hydrogens is 326 g/mol. The van der Waals surface area contributed by atoms with Gasteiger partial charge < -0.3 is 14.8 Å². The van der Waals surface area contributed by atoms with E-state index in [9.17, 15) is 8.42 Å². The van der Waals surface area contributed by atoms with Gasteiger partial charge >= 0.3 is 0 Å². The summed E-state index contributed by atoms with van der Waals surface area (Å²) in [5.74, 6) is 1.65. The van der Waals surface area contributed by atoms with Crippen molar-refractivity contribution in [3.05, 3.63) is 47.5 Å². The van der Waals surface area contributed by atoms with E-state index < -0.39 is 9.84 Å². The first-order valence-electron chi connectivity index (χ1n) is 7.78. The number of nitrogens with one attached hydrogen (secondary N) is 1. The number of hydrogen-bond donors (Lipinski definition) is 1. The van der Waals surface area contributed by atoms with E-state index in [1.807, 2.05) is 25.1 Å². The first-order chi connectivity index (χ1) is 11.4. The van der Waals surface area contributed by atoms with Crippen molar-refractivity contribution >= 4 is 15.5 Å². The van der Waals surface area contributed by atoms with E-state index in [1.54, 1.807) is 25.3 Å². The van der Waals surface area contributed by atoms with Gasteiger partial charge in [0, 0.05) is 30.3 Å². The van der Waals surface area contributed by atoms with Gasteiger partial charge in [0.15, 0.2) is 9.84 Å². The average molecular weight is 347 g/mol. The first-order valence-corrected chi connectivity index (χ1v) is 9.67. The summed E-state index contributed by atoms with van der Waals surface area (Å²) >= 11 is 0. The Bertz CT molecular complexity index is 861. The van der Waals surface area contributed by atoms with Crippen molar-refractivity contribution in [2.24, 2.45) is 0 Å². The predicted octanol–water partition coefficient (Wildman–Crippen LogP) is 3.03. The quantitative estimate of drug-likeness (QED) is 0.901. The predicted molar refractivity (Wildman–Crippen MR) is 93.7 cm³/mol. The summed E-state index contributed by atoms with van der Waals surface area (Å²) in [7, 11) is -1.65. The Morgan fingerprint density at radius 1 is 1.29 bits per heavy atom. The molecule has 2 aromatic rings. The molecule has 1 atom stereocenters. The minimum Gasteiger partial charge on any atom is -0.496 e. The number of hydrogen-bond acceptors (Lipinski definition) is 5. The molecule has 24 heavy (non-hydrogen) atoms. The number of anilines is 1. The van der Waals surface area contributed by atoms with Crippen LogP contribution >= 0.6 is 0 Å². The van der Waals surface area contributed by atoms with Crippen LogP contribution in [-0.4, -0.2) is 27.9 Å². The molecule has 0 unspecified atom stereocenters. The van der Waals surface area contributed by atoms with Crippen LogP contribution in [0.3, 0.4) is 0 Å². The van der Waals surface area contributed by atoms with Crippen LogP contribution in [0.1, 0.15) is 18.1 Å². The zero-order chi connectivity index (χ0) is 17.3. The molecule has 0 saturated carbocycles. The molecule has 0 aromatic heterocycles. The molecule has 0 spiro atoms. The summed E-state index contributed by atoms with van der Waals surface area (Å²) in [6.07, 6.45) is 2.24. The summed E-state index contributed by atoms with van der Waals surface area (Å²) in [4.78, 5) is 0.287. The third-order valence-corrected chi connectivity index (χ3v) is 5.21. The Morgan fingerprint density at radius 2 is 2.04 bits per heavy atom. The molecule has 128 valence electrons. The molecule has 1 aliphatic rings. The average Bonchev–Trinajstić information content (AvgIpc) is 2.90. The second-order valence-electron chi connectivity index (χ2n) is 6.03. The Balaban J connectivity index is 1.87. The van der Waals surface area contributed by atoms with E-state index in [4.69, 9.17) is 9.47 Å². The van der Waals surface area contributed by atoms with Crippen LogP contribution in [0.5, 0.6) is 11.5 Å². The Kier molecular flexibility index (Phi) is 4.41. The van der Waals surface area contributed by atoms with Crippen molar-refractivity contribution < 1.29 is 17.9 Å². The number of sulfone groups is 1. The lowest BCUT2D eigenvalue weighted by molar-refractivity contribution is 0.254. The molecule has 1 aliphatic heterocycles. The third kappa shape index (κ3) is 3.33. The van der Waals surface area contributed by atoms with Gasteiger partial charge in [0.1, 0.15) is 17.6 Å². The van der Waals surface area contributed by atoms with Crippen molar-refractivity contribution in [1.29, 1.82) is 0 Å². The number of para-hydroxylation sites is 1. The van der Waals surface area contributed by atoms with E-state index in [0.29, 0.717) is 12.2 Å². The van der Waals surface area contributed by atoms with Gasteiger partial charge in [-0.3, -0.25) is 0 Å². The standard InChI is InChI=1S/C18H21NO4S/c1-12-8-13-9-16(22-2)14(10-17(13)23-12)11-19-15-6-4-5-7-18(15)24(3,20)21/h4-7,9-10,12,19H,8,11H2,1-3H3/t12-/m1/s1. The molecule has 2 aromatic carbocycles. The van der Waals surface area contributed by atoms with Gasteiger partial charge in [-0.15, -0.1) is 0 Å². The molecule has 0 fully saturated rings. The number of rotatable bonds is 5. The zero-order valence-corrected chi connectivity index (χ0v) is 14.8. The molecule has 1 N–H and O–H groups in total. The molecule has 0 aliphatic carbocycles. The highest BCUT2D eigenvalue weighted by atomic mass is 32.2. The largest absolute Gasteiger partial charge is 0.496 e. The lowest BCUT2D eigenvalue weighted by atomic mass is 10.1. The summed E-state index contributed by atoms with van der Waals surface area (Å²) in [5.41, 5.74) is 2.64. The van der Waals surface area contributed by atoms with Gasteiger partial charge in [-0.2, -0.15) is 0 Å². The van der Waals surface area contributed by atoms with Gasteiger partial charge in [-0.25, -0.2) is 8.42 Å². The molecular formula is C18H21NO4S. The molecule has 0 radical (unpaired) electrons. The normalized spacial score (nSPS) is 16.4. The summed E-state index contributed by atoms with van der Waals surface area (Å²) in [5, 5.41) is 3.20. The minimum absolute atomic E-state index is 0.166. The van der Waals surface area contributed by atoms with Crippen LogP contribution in [-0.2, 0) is 22.8 Å². The molecule has 0 bridgehead atoms. The fourth-order valence-electron chi connectivity index (χ4n) is 2.94. The fourth-order valence-corrected chi connectivity index (χ4v) is 3.80.